The molecule has 1 fully saturated rings. The molecule has 1 aliphatic rings. The Balaban J connectivity index is 2.24. The number of aliphatic hydroxyl groups excluding tert-OH is 1. The van der Waals surface area contributed by atoms with E-state index in [0.717, 1.165) is 0 Å². The molecule has 1 saturated carbocycles. The Morgan fingerprint density at radius 2 is 2.05 bits per heavy atom. The number of hydrogen-bond donors (Lipinski definition) is 2. The number of rotatable bonds is 4. The lowest BCUT2D eigenvalue weighted by molar-refractivity contribution is -0.0645. The second-order valence-electron chi connectivity index (χ2n) is 5.83. The first-order valence-electron chi connectivity index (χ1n) is 6.46. The number of nitrogens with one attached hydrogen (secondary N) is 1. The van der Waals surface area contributed by atoms with Gasteiger partial charge in [-0.3, -0.25) is 4.79 Å². The number of hydrogen-bond acceptors (Lipinski definition) is 4. The summed E-state index contributed by atoms with van der Waals surface area (Å²) in [6.45, 7) is 5.03. The largest absolute Gasteiger partial charge is 0.392 e. The fraction of sp³-hybridized carbons (Fsp3) is 0.500. The molecule has 110 valence electrons. The fourth-order valence-corrected chi connectivity index (χ4v) is 3.69. The van der Waals surface area contributed by atoms with Gasteiger partial charge < -0.3 is 5.11 Å². The van der Waals surface area contributed by atoms with Crippen LogP contribution in [0.3, 0.4) is 0 Å². The first-order valence-corrected chi connectivity index (χ1v) is 7.94. The van der Waals surface area contributed by atoms with E-state index >= 15 is 0 Å². The van der Waals surface area contributed by atoms with Crippen molar-refractivity contribution in [1.82, 2.24) is 4.72 Å². The summed E-state index contributed by atoms with van der Waals surface area (Å²) in [6, 6.07) is 5.65. The molecule has 1 aliphatic carbocycles. The van der Waals surface area contributed by atoms with Crippen molar-refractivity contribution >= 4 is 15.8 Å². The molecule has 1 aromatic rings. The molecule has 20 heavy (non-hydrogen) atoms. The highest BCUT2D eigenvalue weighted by atomic mass is 32.2. The van der Waals surface area contributed by atoms with E-state index in [2.05, 4.69) is 4.72 Å². The van der Waals surface area contributed by atoms with Crippen molar-refractivity contribution < 1.29 is 18.3 Å². The molecular weight excluding hydrogens is 278 g/mol. The minimum absolute atomic E-state index is 0.0717. The number of sulfonamides is 1. The molecule has 2 N–H and O–H groups in total. The number of Topliss-reactive ketones (excluding diaryl/α,β-unsaturated/α-hetero) is 1. The average molecular weight is 297 g/mol. The van der Waals surface area contributed by atoms with Crippen molar-refractivity contribution in [3.05, 3.63) is 29.8 Å². The normalized spacial score (nSPS) is 25.0. The van der Waals surface area contributed by atoms with Crippen LogP contribution in [-0.2, 0) is 10.0 Å². The van der Waals surface area contributed by atoms with Crippen LogP contribution in [0.2, 0.25) is 0 Å². The lowest BCUT2D eigenvalue weighted by Gasteiger charge is -2.49. The van der Waals surface area contributed by atoms with E-state index in [4.69, 9.17) is 0 Å². The fourth-order valence-electron chi connectivity index (χ4n) is 2.24. The minimum Gasteiger partial charge on any atom is -0.392 e. The highest BCUT2D eigenvalue weighted by Gasteiger charge is 2.48. The monoisotopic (exact) mass is 297 g/mol. The average Bonchev–Trinajstić information content (AvgIpc) is 2.38. The maximum absolute atomic E-state index is 12.3. The van der Waals surface area contributed by atoms with Crippen LogP contribution in [0, 0.1) is 5.41 Å². The molecule has 0 amide bonds. The van der Waals surface area contributed by atoms with Crippen LogP contribution in [0.25, 0.3) is 0 Å². The number of aliphatic hydroxyl groups is 1. The van der Waals surface area contributed by atoms with Crippen LogP contribution in [-0.4, -0.2) is 31.5 Å². The first kappa shape index (κ1) is 15.2. The summed E-state index contributed by atoms with van der Waals surface area (Å²) >= 11 is 0. The summed E-state index contributed by atoms with van der Waals surface area (Å²) in [5, 5.41) is 9.65. The molecule has 5 nitrogen and oxygen atoms in total. The van der Waals surface area contributed by atoms with Crippen molar-refractivity contribution in [2.24, 2.45) is 5.41 Å². The van der Waals surface area contributed by atoms with Gasteiger partial charge in [-0.2, -0.15) is 0 Å². The lowest BCUT2D eigenvalue weighted by Crippen LogP contribution is -2.61. The smallest absolute Gasteiger partial charge is 0.240 e. The Kier molecular flexibility index (Phi) is 3.75. The lowest BCUT2D eigenvalue weighted by atomic mass is 9.65. The molecule has 0 spiro atoms. The zero-order valence-corrected chi connectivity index (χ0v) is 12.6. The van der Waals surface area contributed by atoms with Crippen LogP contribution >= 0.6 is 0 Å². The van der Waals surface area contributed by atoms with Gasteiger partial charge in [-0.1, -0.05) is 26.0 Å². The second-order valence-corrected chi connectivity index (χ2v) is 7.54. The standard InChI is InChI=1S/C14H19NO4S/c1-9(16)10-5-4-6-11(7-10)20(18,19)15-12-8-13(17)14(12,2)3/h4-7,12-13,15,17H,8H2,1-3H3. The Labute approximate surface area is 119 Å². The molecule has 1 aromatic carbocycles. The highest BCUT2D eigenvalue weighted by Crippen LogP contribution is 2.41. The van der Waals surface area contributed by atoms with Crippen LogP contribution in [0.1, 0.15) is 37.6 Å². The molecule has 0 saturated heterocycles. The molecule has 6 heteroatoms. The Morgan fingerprint density at radius 3 is 2.55 bits per heavy atom. The molecule has 2 rings (SSSR count). The van der Waals surface area contributed by atoms with Gasteiger partial charge in [-0.25, -0.2) is 13.1 Å². The summed E-state index contributed by atoms with van der Waals surface area (Å²) in [5.74, 6) is -0.179. The van der Waals surface area contributed by atoms with Crippen LogP contribution in [0.15, 0.2) is 29.2 Å². The van der Waals surface area contributed by atoms with Gasteiger partial charge in [0, 0.05) is 17.0 Å². The van der Waals surface area contributed by atoms with Gasteiger partial charge in [0.1, 0.15) is 0 Å². The van der Waals surface area contributed by atoms with E-state index in [1.54, 1.807) is 12.1 Å². The minimum atomic E-state index is -3.68. The molecule has 0 aromatic heterocycles. The van der Waals surface area contributed by atoms with Gasteiger partial charge in [0.25, 0.3) is 0 Å². The molecular formula is C14H19NO4S. The summed E-state index contributed by atoms with van der Waals surface area (Å²) in [4.78, 5) is 11.4. The Bertz CT molecular complexity index is 636. The van der Waals surface area contributed by atoms with E-state index < -0.39 is 21.5 Å². The van der Waals surface area contributed by atoms with Gasteiger partial charge in [0.15, 0.2) is 5.78 Å². The molecule has 2 unspecified atom stereocenters. The van der Waals surface area contributed by atoms with E-state index in [1.807, 2.05) is 13.8 Å². The second kappa shape index (κ2) is 4.95. The quantitative estimate of drug-likeness (QED) is 0.821. The van der Waals surface area contributed by atoms with Crippen molar-refractivity contribution in [3.8, 4) is 0 Å². The highest BCUT2D eigenvalue weighted by molar-refractivity contribution is 7.89. The van der Waals surface area contributed by atoms with Gasteiger partial charge in [-0.05, 0) is 25.5 Å². The summed E-state index contributed by atoms with van der Waals surface area (Å²) in [5.41, 5.74) is -0.119. The van der Waals surface area contributed by atoms with Crippen LogP contribution in [0.5, 0.6) is 0 Å². The summed E-state index contributed by atoms with van der Waals surface area (Å²) in [7, 11) is -3.68. The van der Waals surface area contributed by atoms with E-state index in [1.165, 1.54) is 19.1 Å². The van der Waals surface area contributed by atoms with Gasteiger partial charge in [-0.15, -0.1) is 0 Å². The van der Waals surface area contributed by atoms with Gasteiger partial charge >= 0.3 is 0 Å². The summed E-state index contributed by atoms with van der Waals surface area (Å²) in [6.07, 6.45) is -0.0997. The van der Waals surface area contributed by atoms with E-state index in [0.29, 0.717) is 12.0 Å². The van der Waals surface area contributed by atoms with Crippen molar-refractivity contribution in [2.45, 2.75) is 44.2 Å². The van der Waals surface area contributed by atoms with Gasteiger partial charge in [0.05, 0.1) is 11.0 Å². The van der Waals surface area contributed by atoms with Crippen molar-refractivity contribution in [3.63, 3.8) is 0 Å². The predicted octanol–water partition coefficient (Wildman–Crippen LogP) is 1.33. The SMILES string of the molecule is CC(=O)c1cccc(S(=O)(=O)NC2CC(O)C2(C)C)c1. The molecule has 0 aliphatic heterocycles. The predicted molar refractivity (Wildman–Crippen MR) is 75.0 cm³/mol. The third-order valence-corrected chi connectivity index (χ3v) is 5.53. The molecule has 0 radical (unpaired) electrons. The maximum atomic E-state index is 12.3. The third-order valence-electron chi connectivity index (χ3n) is 4.06. The van der Waals surface area contributed by atoms with E-state index in [9.17, 15) is 18.3 Å². The summed E-state index contributed by atoms with van der Waals surface area (Å²) < 4.78 is 27.2. The van der Waals surface area contributed by atoms with Crippen LogP contribution in [0.4, 0.5) is 0 Å². The number of carbonyl (C=O) groups is 1. The molecule has 0 heterocycles. The van der Waals surface area contributed by atoms with Crippen LogP contribution < -0.4 is 4.72 Å². The van der Waals surface area contributed by atoms with Gasteiger partial charge in [0.2, 0.25) is 10.0 Å². The first-order chi connectivity index (χ1) is 9.14. The Morgan fingerprint density at radius 1 is 1.40 bits per heavy atom. The zero-order valence-electron chi connectivity index (χ0n) is 11.8. The molecule has 0 bridgehead atoms. The topological polar surface area (TPSA) is 83.5 Å². The van der Waals surface area contributed by atoms with E-state index in [-0.39, 0.29) is 16.7 Å². The zero-order chi connectivity index (χ0) is 15.1. The Hall–Kier alpha value is -1.24. The maximum Gasteiger partial charge on any atom is 0.240 e. The van der Waals surface area contributed by atoms with Crippen molar-refractivity contribution in [1.29, 1.82) is 0 Å². The number of carbonyl (C=O) groups excluding carboxylic acids is 1. The third kappa shape index (κ3) is 2.63. The number of ketones is 1. The van der Waals surface area contributed by atoms with Crippen molar-refractivity contribution in [2.75, 3.05) is 0 Å². The molecule has 2 atom stereocenters. The number of benzene rings is 1.